The minimum atomic E-state index is 0.490. The molecule has 0 amide bonds. The summed E-state index contributed by atoms with van der Waals surface area (Å²) < 4.78 is 0. The van der Waals surface area contributed by atoms with Gasteiger partial charge in [0.15, 0.2) is 0 Å². The van der Waals surface area contributed by atoms with Gasteiger partial charge in [0, 0.05) is 12.1 Å². The van der Waals surface area contributed by atoms with Crippen molar-refractivity contribution < 1.29 is 0 Å². The molecule has 0 aromatic heterocycles. The average molecular weight is 257 g/mol. The van der Waals surface area contributed by atoms with Crippen LogP contribution in [0.1, 0.15) is 69.0 Å². The molecule has 1 heteroatoms. The van der Waals surface area contributed by atoms with Crippen molar-refractivity contribution in [1.82, 2.24) is 5.32 Å². The lowest BCUT2D eigenvalue weighted by Gasteiger charge is -2.53. The molecule has 2 aliphatic rings. The van der Waals surface area contributed by atoms with Gasteiger partial charge in [0.2, 0.25) is 0 Å². The van der Waals surface area contributed by atoms with Crippen molar-refractivity contribution in [3.8, 4) is 0 Å². The number of rotatable bonds is 3. The molecule has 2 aliphatic carbocycles. The van der Waals surface area contributed by atoms with E-state index < -0.39 is 0 Å². The van der Waals surface area contributed by atoms with Crippen LogP contribution in [0.2, 0.25) is 0 Å². The van der Waals surface area contributed by atoms with E-state index in [4.69, 9.17) is 0 Å². The molecule has 1 aromatic rings. The summed E-state index contributed by atoms with van der Waals surface area (Å²) in [6.45, 7) is 4.51. The van der Waals surface area contributed by atoms with Crippen LogP contribution in [0.15, 0.2) is 24.3 Å². The number of nitrogens with one attached hydrogen (secondary N) is 1. The van der Waals surface area contributed by atoms with Crippen LogP contribution in [0.5, 0.6) is 0 Å². The highest BCUT2D eigenvalue weighted by atomic mass is 15.0. The fraction of sp³-hybridized carbons (Fsp3) is 0.667. The van der Waals surface area contributed by atoms with E-state index in [0.717, 1.165) is 6.04 Å². The topological polar surface area (TPSA) is 12.0 Å². The third-order valence-corrected chi connectivity index (χ3v) is 5.51. The summed E-state index contributed by atoms with van der Waals surface area (Å²) in [7, 11) is 0. The van der Waals surface area contributed by atoms with E-state index in [1.807, 2.05) is 0 Å². The van der Waals surface area contributed by atoms with E-state index in [1.54, 1.807) is 0 Å². The Bertz CT molecular complexity index is 431. The lowest BCUT2D eigenvalue weighted by atomic mass is 9.57. The molecule has 3 rings (SSSR count). The van der Waals surface area contributed by atoms with Gasteiger partial charge >= 0.3 is 0 Å². The van der Waals surface area contributed by atoms with Crippen LogP contribution >= 0.6 is 0 Å². The molecule has 1 nitrogen and oxygen atoms in total. The molecular formula is C18H27N. The van der Waals surface area contributed by atoms with Crippen LogP contribution in [0, 0.1) is 12.3 Å². The molecule has 2 atom stereocenters. The van der Waals surface area contributed by atoms with Crippen LogP contribution in [0.3, 0.4) is 0 Å². The summed E-state index contributed by atoms with van der Waals surface area (Å²) in [6.07, 6.45) is 10.1. The van der Waals surface area contributed by atoms with Crippen LogP contribution in [0.4, 0.5) is 0 Å². The maximum atomic E-state index is 3.92. The van der Waals surface area contributed by atoms with Crippen molar-refractivity contribution in [3.05, 3.63) is 35.4 Å². The maximum absolute atomic E-state index is 3.92. The minimum Gasteiger partial charge on any atom is -0.307 e. The van der Waals surface area contributed by atoms with Crippen molar-refractivity contribution in [1.29, 1.82) is 0 Å². The zero-order valence-electron chi connectivity index (χ0n) is 12.4. The molecule has 104 valence electrons. The number of hydrogen-bond donors (Lipinski definition) is 1. The third-order valence-electron chi connectivity index (χ3n) is 5.51. The Morgan fingerprint density at radius 3 is 2.58 bits per heavy atom. The monoisotopic (exact) mass is 257 g/mol. The lowest BCUT2D eigenvalue weighted by molar-refractivity contribution is 0.0174. The van der Waals surface area contributed by atoms with Gasteiger partial charge in [0.1, 0.15) is 0 Å². The van der Waals surface area contributed by atoms with Crippen molar-refractivity contribution in [2.75, 3.05) is 0 Å². The maximum Gasteiger partial charge on any atom is 0.0294 e. The Hall–Kier alpha value is -0.820. The molecule has 2 fully saturated rings. The van der Waals surface area contributed by atoms with E-state index in [9.17, 15) is 0 Å². The minimum absolute atomic E-state index is 0.490. The van der Waals surface area contributed by atoms with Crippen molar-refractivity contribution in [2.45, 2.75) is 70.9 Å². The first-order valence-electron chi connectivity index (χ1n) is 8.02. The van der Waals surface area contributed by atoms with E-state index in [1.165, 1.54) is 56.1 Å². The van der Waals surface area contributed by atoms with Crippen molar-refractivity contribution in [2.24, 2.45) is 5.41 Å². The van der Waals surface area contributed by atoms with E-state index in [-0.39, 0.29) is 0 Å². The normalized spacial score (nSPS) is 26.9. The van der Waals surface area contributed by atoms with Gasteiger partial charge in [-0.25, -0.2) is 0 Å². The predicted octanol–water partition coefficient (Wildman–Crippen LogP) is 4.76. The Kier molecular flexibility index (Phi) is 3.66. The first-order chi connectivity index (χ1) is 9.20. The molecule has 2 saturated carbocycles. The average Bonchev–Trinajstić information content (AvgIpc) is 2.44. The van der Waals surface area contributed by atoms with E-state index >= 15 is 0 Å². The smallest absolute Gasteiger partial charge is 0.0294 e. The Morgan fingerprint density at radius 1 is 1.16 bits per heavy atom. The van der Waals surface area contributed by atoms with E-state index in [2.05, 4.69) is 43.4 Å². The molecule has 1 N–H and O–H groups in total. The van der Waals surface area contributed by atoms with Gasteiger partial charge < -0.3 is 5.32 Å². The van der Waals surface area contributed by atoms with E-state index in [0.29, 0.717) is 11.5 Å². The molecule has 1 aromatic carbocycles. The Morgan fingerprint density at radius 2 is 1.95 bits per heavy atom. The first kappa shape index (κ1) is 13.2. The fourth-order valence-corrected chi connectivity index (χ4v) is 4.15. The standard InChI is InChI=1S/C18H27N/c1-14-7-6-8-16(13-14)15(2)19-17-9-12-18(17)10-4-3-5-11-18/h6-8,13,15,17,19H,3-5,9-12H2,1-2H3/t15-,17?/m0/s1. The number of aryl methyl sites for hydroxylation is 1. The summed E-state index contributed by atoms with van der Waals surface area (Å²) in [5.74, 6) is 0. The Balaban J connectivity index is 1.65. The van der Waals surface area contributed by atoms with Gasteiger partial charge in [-0.15, -0.1) is 0 Å². The second-order valence-corrected chi connectivity index (χ2v) is 6.82. The van der Waals surface area contributed by atoms with Gasteiger partial charge in [-0.05, 0) is 50.5 Å². The second kappa shape index (κ2) is 5.28. The molecular weight excluding hydrogens is 230 g/mol. The Labute approximate surface area is 117 Å². The molecule has 1 spiro atoms. The highest BCUT2D eigenvalue weighted by Crippen LogP contribution is 2.52. The molecule has 1 unspecified atom stereocenters. The SMILES string of the molecule is Cc1cccc([C@H](C)NC2CCC23CCCCC3)c1. The summed E-state index contributed by atoms with van der Waals surface area (Å²) in [6, 6.07) is 10.2. The fourth-order valence-electron chi connectivity index (χ4n) is 4.15. The van der Waals surface area contributed by atoms with Crippen LogP contribution in [-0.4, -0.2) is 6.04 Å². The molecule has 0 saturated heterocycles. The third kappa shape index (κ3) is 2.58. The second-order valence-electron chi connectivity index (χ2n) is 6.82. The lowest BCUT2D eigenvalue weighted by Crippen LogP contribution is -2.54. The predicted molar refractivity (Wildman–Crippen MR) is 81.3 cm³/mol. The van der Waals surface area contributed by atoms with Crippen LogP contribution in [0.25, 0.3) is 0 Å². The number of hydrogen-bond acceptors (Lipinski definition) is 1. The summed E-state index contributed by atoms with van der Waals surface area (Å²) in [4.78, 5) is 0. The van der Waals surface area contributed by atoms with Gasteiger partial charge in [0.05, 0.1) is 0 Å². The summed E-state index contributed by atoms with van der Waals surface area (Å²) in [5, 5.41) is 3.92. The van der Waals surface area contributed by atoms with Gasteiger partial charge in [-0.2, -0.15) is 0 Å². The molecule has 0 radical (unpaired) electrons. The largest absolute Gasteiger partial charge is 0.307 e. The molecule has 0 heterocycles. The van der Waals surface area contributed by atoms with Crippen LogP contribution in [-0.2, 0) is 0 Å². The molecule has 0 bridgehead atoms. The van der Waals surface area contributed by atoms with Gasteiger partial charge in [-0.3, -0.25) is 0 Å². The van der Waals surface area contributed by atoms with Gasteiger partial charge in [0.25, 0.3) is 0 Å². The van der Waals surface area contributed by atoms with Crippen LogP contribution < -0.4 is 5.32 Å². The zero-order chi connectivity index (χ0) is 13.3. The summed E-state index contributed by atoms with van der Waals surface area (Å²) >= 11 is 0. The van der Waals surface area contributed by atoms with Crippen molar-refractivity contribution in [3.63, 3.8) is 0 Å². The summed E-state index contributed by atoms with van der Waals surface area (Å²) in [5.41, 5.74) is 3.47. The van der Waals surface area contributed by atoms with Gasteiger partial charge in [-0.1, -0.05) is 49.1 Å². The number of benzene rings is 1. The highest BCUT2D eigenvalue weighted by Gasteiger charge is 2.46. The highest BCUT2D eigenvalue weighted by molar-refractivity contribution is 5.25. The van der Waals surface area contributed by atoms with Crippen molar-refractivity contribution >= 4 is 0 Å². The molecule has 0 aliphatic heterocycles. The first-order valence-corrected chi connectivity index (χ1v) is 8.02. The molecule has 19 heavy (non-hydrogen) atoms. The zero-order valence-corrected chi connectivity index (χ0v) is 12.4. The quantitative estimate of drug-likeness (QED) is 0.823.